The Balaban J connectivity index is 2.58. The number of carbonyl (C=O) groups is 4. The summed E-state index contributed by atoms with van der Waals surface area (Å²) in [5.41, 5.74) is 11.5. The lowest BCUT2D eigenvalue weighted by atomic mass is 9.91. The topological polar surface area (TPSA) is 235 Å². The molecule has 1 unspecified atom stereocenters. The van der Waals surface area contributed by atoms with Gasteiger partial charge in [-0.1, -0.05) is 47.0 Å². The Bertz CT molecular complexity index is 915. The summed E-state index contributed by atoms with van der Waals surface area (Å²) in [5, 5.41) is 30.8. The molecule has 1 aliphatic carbocycles. The molecule has 0 saturated heterocycles. The molecule has 0 aromatic heterocycles. The van der Waals surface area contributed by atoms with Crippen LogP contribution in [0.15, 0.2) is 0 Å². The summed E-state index contributed by atoms with van der Waals surface area (Å²) in [6, 6.07) is -1.49. The van der Waals surface area contributed by atoms with E-state index in [0.717, 1.165) is 32.1 Å². The smallest absolute Gasteiger partial charge is 0.239 e. The van der Waals surface area contributed by atoms with Crippen LogP contribution in [0.5, 0.6) is 0 Å². The minimum atomic E-state index is -3.44. The Morgan fingerprint density at radius 1 is 0.786 bits per heavy atom. The highest BCUT2D eigenvalue weighted by Gasteiger charge is 2.32. The molecule has 42 heavy (non-hydrogen) atoms. The summed E-state index contributed by atoms with van der Waals surface area (Å²) in [6.07, 6.45) is 2.57. The third kappa shape index (κ3) is 15.4. The molecule has 0 aromatic rings. The molecule has 1 saturated carbocycles. The van der Waals surface area contributed by atoms with E-state index in [-0.39, 0.29) is 62.9 Å². The third-order valence-electron chi connectivity index (χ3n) is 7.21. The van der Waals surface area contributed by atoms with Crippen LogP contribution in [0.1, 0.15) is 59.8 Å². The number of aliphatic hydroxyl groups is 2. The average molecular weight is 621 g/mol. The monoisotopic (exact) mass is 620 g/mol. The van der Waals surface area contributed by atoms with Crippen LogP contribution in [0.2, 0.25) is 0 Å². The fraction of sp³-hybridized carbons (Fsp3) is 0.852. The third-order valence-corrected chi connectivity index (χ3v) is 9.88. The first kappa shape index (κ1) is 37.9. The minimum Gasteiger partial charge on any atom is -0.391 e. The predicted octanol–water partition coefficient (Wildman–Crippen LogP) is -0.985. The fourth-order valence-corrected chi connectivity index (χ4v) is 7.10. The summed E-state index contributed by atoms with van der Waals surface area (Å²) in [6.45, 7) is 5.80. The van der Waals surface area contributed by atoms with E-state index in [1.807, 2.05) is 0 Å². The van der Waals surface area contributed by atoms with Crippen molar-refractivity contribution in [2.75, 3.05) is 45.1 Å². The van der Waals surface area contributed by atoms with Gasteiger partial charge in [-0.3, -0.25) is 23.7 Å². The molecule has 1 aliphatic rings. The maximum absolute atomic E-state index is 13.8. The number of hydrogen-bond donors (Lipinski definition) is 8. The Labute approximate surface area is 249 Å². The van der Waals surface area contributed by atoms with Crippen molar-refractivity contribution in [3.63, 3.8) is 0 Å². The molecular weight excluding hydrogens is 567 g/mol. The molecule has 0 aromatic carbocycles. The van der Waals surface area contributed by atoms with Crippen LogP contribution >= 0.6 is 7.37 Å². The minimum absolute atomic E-state index is 0.0900. The van der Waals surface area contributed by atoms with Crippen LogP contribution < -0.4 is 32.7 Å². The maximum Gasteiger partial charge on any atom is 0.239 e. The molecule has 0 radical (unpaired) electrons. The average Bonchev–Trinajstić information content (AvgIpc) is 2.94. The van der Waals surface area contributed by atoms with E-state index in [9.17, 15) is 34.0 Å². The van der Waals surface area contributed by atoms with Gasteiger partial charge >= 0.3 is 0 Å². The summed E-state index contributed by atoms with van der Waals surface area (Å²) in [4.78, 5) is 48.0. The summed E-state index contributed by atoms with van der Waals surface area (Å²) in [7, 11) is -3.44. The summed E-state index contributed by atoms with van der Waals surface area (Å²) in [5.74, 6) is -2.00. The first-order valence-electron chi connectivity index (χ1n) is 14.8. The van der Waals surface area contributed by atoms with E-state index in [2.05, 4.69) is 21.3 Å². The van der Waals surface area contributed by atoms with Gasteiger partial charge in [0.1, 0.15) is 0 Å². The Morgan fingerprint density at radius 2 is 1.24 bits per heavy atom. The van der Waals surface area contributed by atoms with Crippen molar-refractivity contribution in [1.82, 2.24) is 21.3 Å². The highest BCUT2D eigenvalue weighted by Crippen LogP contribution is 2.51. The number of nitrogens with one attached hydrogen (secondary N) is 4. The van der Waals surface area contributed by atoms with Gasteiger partial charge in [0.25, 0.3) is 0 Å². The molecule has 4 amide bonds. The van der Waals surface area contributed by atoms with Gasteiger partial charge in [0.05, 0.1) is 50.1 Å². The second kappa shape index (κ2) is 19.2. The van der Waals surface area contributed by atoms with Crippen molar-refractivity contribution in [3.8, 4) is 0 Å². The Kier molecular flexibility index (Phi) is 17.4. The second-order valence-corrected chi connectivity index (χ2v) is 14.5. The molecular formula is C27H53N6O8P. The molecule has 0 aliphatic heterocycles. The zero-order chi connectivity index (χ0) is 31.9. The van der Waals surface area contributed by atoms with Gasteiger partial charge in [-0.05, 0) is 30.6 Å². The Hall–Kier alpha value is -2.09. The van der Waals surface area contributed by atoms with E-state index >= 15 is 0 Å². The molecule has 10 N–H and O–H groups in total. The van der Waals surface area contributed by atoms with E-state index in [4.69, 9.17) is 16.0 Å². The zero-order valence-corrected chi connectivity index (χ0v) is 26.4. The van der Waals surface area contributed by atoms with E-state index in [1.54, 1.807) is 27.7 Å². The first-order chi connectivity index (χ1) is 19.6. The summed E-state index contributed by atoms with van der Waals surface area (Å²) < 4.78 is 19.5. The van der Waals surface area contributed by atoms with Gasteiger partial charge in [-0.2, -0.15) is 0 Å². The predicted molar refractivity (Wildman–Crippen MR) is 160 cm³/mol. The lowest BCUT2D eigenvalue weighted by molar-refractivity contribution is -0.127. The first-order valence-corrected chi connectivity index (χ1v) is 16.8. The van der Waals surface area contributed by atoms with Crippen molar-refractivity contribution in [3.05, 3.63) is 0 Å². The number of carbonyl (C=O) groups excluding carboxylic acids is 4. The molecule has 14 nitrogen and oxygen atoms in total. The molecule has 0 heterocycles. The number of hydrogen-bond acceptors (Lipinski definition) is 10. The van der Waals surface area contributed by atoms with E-state index in [1.165, 1.54) is 0 Å². The van der Waals surface area contributed by atoms with Crippen molar-refractivity contribution >= 4 is 31.0 Å². The number of aliphatic hydroxyl groups excluding tert-OH is 2. The second-order valence-electron chi connectivity index (χ2n) is 11.9. The summed E-state index contributed by atoms with van der Waals surface area (Å²) >= 11 is 0. The van der Waals surface area contributed by atoms with Gasteiger partial charge in [0.2, 0.25) is 31.0 Å². The molecule has 5 atom stereocenters. The van der Waals surface area contributed by atoms with Crippen molar-refractivity contribution in [2.45, 2.75) is 84.1 Å². The SMILES string of the molecule is CC(C)[C@H](N)C(=O)NCC(=O)NC[C@@H](O)COP(=O)(CC1CCCCC1)C[C@H](O)CNC(=O)CNC(=O)[C@@H](N)C(C)C. The molecule has 0 spiro atoms. The van der Waals surface area contributed by atoms with E-state index < -0.39 is 55.3 Å². The van der Waals surface area contributed by atoms with Crippen LogP contribution in [0, 0.1) is 17.8 Å². The number of rotatable bonds is 19. The molecule has 1 rings (SSSR count). The molecule has 1 fully saturated rings. The van der Waals surface area contributed by atoms with Crippen LogP contribution in [0.25, 0.3) is 0 Å². The van der Waals surface area contributed by atoms with Crippen LogP contribution in [0.4, 0.5) is 0 Å². The Morgan fingerprint density at radius 3 is 1.69 bits per heavy atom. The molecule has 0 bridgehead atoms. The quantitative estimate of drug-likeness (QED) is 0.0821. The lowest BCUT2D eigenvalue weighted by Crippen LogP contribution is -2.48. The fourth-order valence-electron chi connectivity index (χ4n) is 4.37. The normalized spacial score (nSPS) is 18.4. The van der Waals surface area contributed by atoms with Crippen molar-refractivity contribution < 1.29 is 38.5 Å². The maximum atomic E-state index is 13.8. The highest BCUT2D eigenvalue weighted by molar-refractivity contribution is 7.59. The van der Waals surface area contributed by atoms with Crippen LogP contribution in [-0.2, 0) is 28.3 Å². The number of amides is 4. The van der Waals surface area contributed by atoms with Gasteiger partial charge < -0.3 is 47.5 Å². The number of nitrogens with two attached hydrogens (primary N) is 2. The highest BCUT2D eigenvalue weighted by atomic mass is 31.2. The van der Waals surface area contributed by atoms with E-state index in [0.29, 0.717) is 0 Å². The van der Waals surface area contributed by atoms with Gasteiger partial charge in [-0.15, -0.1) is 0 Å². The largest absolute Gasteiger partial charge is 0.391 e. The van der Waals surface area contributed by atoms with Gasteiger partial charge in [0.15, 0.2) is 0 Å². The van der Waals surface area contributed by atoms with Crippen molar-refractivity contribution in [1.29, 1.82) is 0 Å². The van der Waals surface area contributed by atoms with Gasteiger partial charge in [-0.25, -0.2) is 0 Å². The van der Waals surface area contributed by atoms with Crippen molar-refractivity contribution in [2.24, 2.45) is 29.2 Å². The zero-order valence-electron chi connectivity index (χ0n) is 25.5. The standard InChI is InChI=1S/C27H53N6O8P/c1-17(2)24(28)26(38)32-12-22(36)30-10-20(34)14-41-42(40,15-19-8-6-5-7-9-19)16-21(35)11-31-23(37)13-33-27(39)25(29)18(3)4/h17-21,24-25,34-35H,5-16,28-29H2,1-4H3,(H,30,36)(H,31,37)(H,32,38)(H,33,39)/t20-,21-,24+,25+,42?/m1/s1. The molecule has 244 valence electrons. The lowest BCUT2D eigenvalue weighted by Gasteiger charge is -2.29. The van der Waals surface area contributed by atoms with Crippen LogP contribution in [-0.4, -0.2) is 103 Å². The van der Waals surface area contributed by atoms with Gasteiger partial charge in [0, 0.05) is 19.3 Å². The molecule has 15 heteroatoms. The van der Waals surface area contributed by atoms with Crippen LogP contribution in [0.3, 0.4) is 0 Å².